The summed E-state index contributed by atoms with van der Waals surface area (Å²) < 4.78 is 5.29. The Labute approximate surface area is 137 Å². The van der Waals surface area contributed by atoms with Crippen molar-refractivity contribution in [2.75, 3.05) is 72.1 Å². The van der Waals surface area contributed by atoms with Gasteiger partial charge in [0.25, 0.3) is 0 Å². The zero-order chi connectivity index (χ0) is 14.7. The summed E-state index contributed by atoms with van der Waals surface area (Å²) >= 11 is 0. The van der Waals surface area contributed by atoms with Gasteiger partial charge in [0.2, 0.25) is 11.8 Å². The van der Waals surface area contributed by atoms with Gasteiger partial charge < -0.3 is 19.9 Å². The van der Waals surface area contributed by atoms with E-state index in [0.29, 0.717) is 45.9 Å². The minimum atomic E-state index is 0. The lowest BCUT2D eigenvalue weighted by Gasteiger charge is -2.39. The van der Waals surface area contributed by atoms with Crippen molar-refractivity contribution in [3.63, 3.8) is 0 Å². The molecule has 0 aromatic carbocycles. The van der Waals surface area contributed by atoms with Gasteiger partial charge in [0.05, 0.1) is 25.7 Å². The summed E-state index contributed by atoms with van der Waals surface area (Å²) in [5.74, 6) is 0.573. The number of hydrogen-bond donors (Lipinski definition) is 1. The highest BCUT2D eigenvalue weighted by atomic mass is 35.5. The van der Waals surface area contributed by atoms with Gasteiger partial charge in [0, 0.05) is 52.4 Å². The molecule has 0 unspecified atom stereocenters. The molecule has 0 bridgehead atoms. The summed E-state index contributed by atoms with van der Waals surface area (Å²) in [6.45, 7) is 7.83. The van der Waals surface area contributed by atoms with Gasteiger partial charge in [-0.15, -0.1) is 12.4 Å². The number of amides is 2. The van der Waals surface area contributed by atoms with Crippen molar-refractivity contribution in [2.45, 2.75) is 0 Å². The molecule has 0 radical (unpaired) electrons. The van der Waals surface area contributed by atoms with Gasteiger partial charge in [-0.1, -0.05) is 0 Å². The molecule has 8 heteroatoms. The fourth-order valence-electron chi connectivity index (χ4n) is 2.95. The van der Waals surface area contributed by atoms with E-state index in [1.807, 2.05) is 9.80 Å². The van der Waals surface area contributed by atoms with E-state index in [9.17, 15) is 9.59 Å². The quantitative estimate of drug-likeness (QED) is 0.691. The van der Waals surface area contributed by atoms with Crippen molar-refractivity contribution in [1.29, 1.82) is 0 Å². The first-order valence-electron chi connectivity index (χ1n) is 7.81. The predicted octanol–water partition coefficient (Wildman–Crippen LogP) is -1.37. The number of nitrogens with zero attached hydrogens (tertiary/aromatic N) is 3. The molecule has 0 aromatic heterocycles. The van der Waals surface area contributed by atoms with E-state index in [-0.39, 0.29) is 30.1 Å². The molecule has 22 heavy (non-hydrogen) atoms. The Bertz CT molecular complexity index is 392. The highest BCUT2D eigenvalue weighted by Gasteiger charge is 2.32. The monoisotopic (exact) mass is 332 g/mol. The molecule has 3 aliphatic rings. The lowest BCUT2D eigenvalue weighted by atomic mass is 10.0. The Morgan fingerprint density at radius 1 is 0.955 bits per heavy atom. The second-order valence-corrected chi connectivity index (χ2v) is 5.95. The van der Waals surface area contributed by atoms with Crippen LogP contribution < -0.4 is 5.32 Å². The van der Waals surface area contributed by atoms with E-state index in [4.69, 9.17) is 4.74 Å². The number of nitrogens with one attached hydrogen (secondary N) is 1. The average molecular weight is 333 g/mol. The fraction of sp³-hybridized carbons (Fsp3) is 0.857. The van der Waals surface area contributed by atoms with Crippen molar-refractivity contribution in [3.05, 3.63) is 0 Å². The Morgan fingerprint density at radius 3 is 2.09 bits per heavy atom. The van der Waals surface area contributed by atoms with Crippen LogP contribution in [0, 0.1) is 5.92 Å². The maximum Gasteiger partial charge on any atom is 0.236 e. The Morgan fingerprint density at radius 2 is 1.55 bits per heavy atom. The molecule has 0 aliphatic carbocycles. The topological polar surface area (TPSA) is 65.1 Å². The van der Waals surface area contributed by atoms with Crippen LogP contribution in [0.2, 0.25) is 0 Å². The molecule has 2 amide bonds. The first kappa shape index (κ1) is 17.5. The largest absolute Gasteiger partial charge is 0.379 e. The molecule has 1 N–H and O–H groups in total. The van der Waals surface area contributed by atoms with Crippen LogP contribution in [0.1, 0.15) is 0 Å². The highest BCUT2D eigenvalue weighted by Crippen LogP contribution is 2.11. The molecule has 0 aromatic rings. The predicted molar refractivity (Wildman–Crippen MR) is 84.0 cm³/mol. The number of carbonyl (C=O) groups is 2. The van der Waals surface area contributed by atoms with Crippen molar-refractivity contribution in [1.82, 2.24) is 20.0 Å². The second-order valence-electron chi connectivity index (χ2n) is 5.95. The number of carbonyl (C=O) groups excluding carboxylic acids is 2. The summed E-state index contributed by atoms with van der Waals surface area (Å²) in [4.78, 5) is 30.3. The van der Waals surface area contributed by atoms with E-state index in [2.05, 4.69) is 10.2 Å². The molecular weight excluding hydrogens is 308 g/mol. The normalized spacial score (nSPS) is 23.6. The molecular formula is C14H25ClN4O3. The standard InChI is InChI=1S/C14H24N4O3.ClH/c19-13(11-16-5-7-21-8-6-16)17-1-3-18(4-2-17)14(20)12-9-15-10-12;/h12,15H,1-11H2;1H. The number of piperazine rings is 1. The SMILES string of the molecule is Cl.O=C(CN1CCOCC1)N1CCN(C(=O)C2CNC2)CC1. The van der Waals surface area contributed by atoms with Gasteiger partial charge in [-0.2, -0.15) is 0 Å². The maximum absolute atomic E-state index is 12.3. The lowest BCUT2D eigenvalue weighted by molar-refractivity contribution is -0.144. The maximum atomic E-state index is 12.3. The molecule has 3 fully saturated rings. The Kier molecular flexibility index (Phi) is 6.43. The van der Waals surface area contributed by atoms with Gasteiger partial charge in [-0.05, 0) is 0 Å². The van der Waals surface area contributed by atoms with Gasteiger partial charge >= 0.3 is 0 Å². The molecule has 0 saturated carbocycles. The molecule has 126 valence electrons. The van der Waals surface area contributed by atoms with Crippen molar-refractivity contribution in [2.24, 2.45) is 5.92 Å². The third-order valence-electron chi connectivity index (χ3n) is 4.54. The van der Waals surface area contributed by atoms with Crippen molar-refractivity contribution < 1.29 is 14.3 Å². The molecule has 3 heterocycles. The number of halogens is 1. The molecule has 3 aliphatic heterocycles. The summed E-state index contributed by atoms with van der Waals surface area (Å²) in [5.41, 5.74) is 0. The molecule has 7 nitrogen and oxygen atoms in total. The summed E-state index contributed by atoms with van der Waals surface area (Å²) in [6.07, 6.45) is 0. The van der Waals surface area contributed by atoms with E-state index in [0.717, 1.165) is 26.2 Å². The van der Waals surface area contributed by atoms with E-state index < -0.39 is 0 Å². The molecule has 3 rings (SSSR count). The zero-order valence-corrected chi connectivity index (χ0v) is 13.6. The summed E-state index contributed by atoms with van der Waals surface area (Å²) in [6, 6.07) is 0. The van der Waals surface area contributed by atoms with Crippen LogP contribution in [0.15, 0.2) is 0 Å². The van der Waals surface area contributed by atoms with Gasteiger partial charge in [0.1, 0.15) is 0 Å². The van der Waals surface area contributed by atoms with Crippen LogP contribution in [0.25, 0.3) is 0 Å². The van der Waals surface area contributed by atoms with Gasteiger partial charge in [0.15, 0.2) is 0 Å². The first-order chi connectivity index (χ1) is 10.2. The fourth-order valence-corrected chi connectivity index (χ4v) is 2.95. The van der Waals surface area contributed by atoms with Gasteiger partial charge in [-0.3, -0.25) is 14.5 Å². The molecule has 0 spiro atoms. The third-order valence-corrected chi connectivity index (χ3v) is 4.54. The van der Waals surface area contributed by atoms with E-state index in [1.165, 1.54) is 0 Å². The Balaban J connectivity index is 0.00000176. The van der Waals surface area contributed by atoms with Crippen LogP contribution in [0.5, 0.6) is 0 Å². The molecule has 0 atom stereocenters. The Hall–Kier alpha value is -0.890. The smallest absolute Gasteiger partial charge is 0.236 e. The minimum Gasteiger partial charge on any atom is -0.379 e. The number of morpholine rings is 1. The average Bonchev–Trinajstić information content (AvgIpc) is 2.46. The highest BCUT2D eigenvalue weighted by molar-refractivity contribution is 5.85. The summed E-state index contributed by atoms with van der Waals surface area (Å²) in [7, 11) is 0. The van der Waals surface area contributed by atoms with Crippen LogP contribution in [0.4, 0.5) is 0 Å². The van der Waals surface area contributed by atoms with E-state index in [1.54, 1.807) is 0 Å². The molecule has 3 saturated heterocycles. The number of rotatable bonds is 3. The number of ether oxygens (including phenoxy) is 1. The van der Waals surface area contributed by atoms with E-state index >= 15 is 0 Å². The van der Waals surface area contributed by atoms with Gasteiger partial charge in [-0.25, -0.2) is 0 Å². The van der Waals surface area contributed by atoms with Crippen LogP contribution in [-0.2, 0) is 14.3 Å². The van der Waals surface area contributed by atoms with Crippen LogP contribution in [-0.4, -0.2) is 98.6 Å². The summed E-state index contributed by atoms with van der Waals surface area (Å²) in [5, 5.41) is 3.13. The zero-order valence-electron chi connectivity index (χ0n) is 12.8. The third kappa shape index (κ3) is 4.10. The van der Waals surface area contributed by atoms with Crippen molar-refractivity contribution >= 4 is 24.2 Å². The first-order valence-corrected chi connectivity index (χ1v) is 7.81. The van der Waals surface area contributed by atoms with Crippen molar-refractivity contribution in [3.8, 4) is 0 Å². The minimum absolute atomic E-state index is 0. The number of hydrogen-bond acceptors (Lipinski definition) is 5. The lowest BCUT2D eigenvalue weighted by Crippen LogP contribution is -2.58. The van der Waals surface area contributed by atoms with Crippen LogP contribution in [0.3, 0.4) is 0 Å². The van der Waals surface area contributed by atoms with Crippen LogP contribution >= 0.6 is 12.4 Å². The second kappa shape index (κ2) is 8.10.